The molecule has 0 amide bonds. The van der Waals surface area contributed by atoms with Crippen LogP contribution in [0.2, 0.25) is 0 Å². The normalized spacial score (nSPS) is 20.8. The van der Waals surface area contributed by atoms with Gasteiger partial charge in [0.1, 0.15) is 6.10 Å². The average Bonchev–Trinajstić information content (AvgIpc) is 2.96. The third-order valence-electron chi connectivity index (χ3n) is 3.73. The van der Waals surface area contributed by atoms with Crippen LogP contribution in [0, 0.1) is 0 Å². The Morgan fingerprint density at radius 1 is 1.48 bits per heavy atom. The van der Waals surface area contributed by atoms with E-state index in [9.17, 15) is 5.11 Å². The molecule has 1 aromatic carbocycles. The van der Waals surface area contributed by atoms with E-state index in [0.29, 0.717) is 6.54 Å². The summed E-state index contributed by atoms with van der Waals surface area (Å²) in [5.41, 5.74) is 1.23. The first-order valence-electron chi connectivity index (χ1n) is 7.40. The maximum Gasteiger partial charge on any atom is 0.145 e. The van der Waals surface area contributed by atoms with Crippen LogP contribution in [0.1, 0.15) is 25.8 Å². The van der Waals surface area contributed by atoms with Gasteiger partial charge >= 0.3 is 0 Å². The molecule has 0 unspecified atom stereocenters. The van der Waals surface area contributed by atoms with Crippen LogP contribution in [0.5, 0.6) is 0 Å². The highest BCUT2D eigenvalue weighted by atomic mass is 16.6. The molecule has 21 heavy (non-hydrogen) atoms. The predicted octanol–water partition coefficient (Wildman–Crippen LogP) is 2.44. The molecule has 4 heteroatoms. The molecule has 0 bridgehead atoms. The highest BCUT2D eigenvalue weighted by molar-refractivity contribution is 6.01. The highest BCUT2D eigenvalue weighted by Gasteiger charge is 2.26. The Labute approximate surface area is 126 Å². The Hall–Kier alpha value is -1.65. The molecule has 0 fully saturated rings. The van der Waals surface area contributed by atoms with Crippen molar-refractivity contribution < 1.29 is 9.94 Å². The lowest BCUT2D eigenvalue weighted by molar-refractivity contribution is 0.0200. The van der Waals surface area contributed by atoms with Crippen LogP contribution < -0.4 is 0 Å². The van der Waals surface area contributed by atoms with Crippen LogP contribution in [-0.2, 0) is 4.84 Å². The van der Waals surface area contributed by atoms with Crippen molar-refractivity contribution in [3.05, 3.63) is 48.6 Å². The van der Waals surface area contributed by atoms with E-state index < -0.39 is 5.60 Å². The molecule has 0 saturated heterocycles. The van der Waals surface area contributed by atoms with E-state index >= 15 is 0 Å². The standard InChI is InChI=1S/C17H24N2O2/c1-4-17(3,20)13-19(5-2)12-15-11-16(18-21-15)14-9-7-6-8-10-14/h4,6-10,15,20H,1,5,11-13H2,2-3H3/t15-,17+/m1/s1. The van der Waals surface area contributed by atoms with Gasteiger partial charge in [-0.2, -0.15) is 0 Å². The molecule has 114 valence electrons. The summed E-state index contributed by atoms with van der Waals surface area (Å²) in [5, 5.41) is 14.3. The Balaban J connectivity index is 1.89. The SMILES string of the molecule is C=C[C@](C)(O)CN(CC)C[C@H]1CC(c2ccccc2)=NO1. The van der Waals surface area contributed by atoms with Gasteiger partial charge in [-0.05, 0) is 19.0 Å². The van der Waals surface area contributed by atoms with Gasteiger partial charge in [0.2, 0.25) is 0 Å². The number of benzene rings is 1. The van der Waals surface area contributed by atoms with E-state index in [1.165, 1.54) is 0 Å². The maximum absolute atomic E-state index is 10.1. The molecule has 2 atom stereocenters. The molecule has 2 rings (SSSR count). The summed E-state index contributed by atoms with van der Waals surface area (Å²) >= 11 is 0. The van der Waals surface area contributed by atoms with Crippen molar-refractivity contribution in [2.75, 3.05) is 19.6 Å². The minimum Gasteiger partial charge on any atom is -0.390 e. The number of hydrogen-bond donors (Lipinski definition) is 1. The first-order valence-corrected chi connectivity index (χ1v) is 7.40. The second-order valence-corrected chi connectivity index (χ2v) is 5.72. The lowest BCUT2D eigenvalue weighted by Gasteiger charge is -2.29. The predicted molar refractivity (Wildman–Crippen MR) is 85.4 cm³/mol. The molecule has 1 aliphatic rings. The van der Waals surface area contributed by atoms with Crippen molar-refractivity contribution >= 4 is 5.71 Å². The van der Waals surface area contributed by atoms with Crippen LogP contribution >= 0.6 is 0 Å². The summed E-state index contributed by atoms with van der Waals surface area (Å²) in [5.74, 6) is 0. The van der Waals surface area contributed by atoms with Gasteiger partial charge in [-0.3, -0.25) is 4.90 Å². The zero-order valence-corrected chi connectivity index (χ0v) is 12.8. The van der Waals surface area contributed by atoms with Gasteiger partial charge < -0.3 is 9.94 Å². The zero-order valence-electron chi connectivity index (χ0n) is 12.8. The summed E-state index contributed by atoms with van der Waals surface area (Å²) < 4.78 is 0. The number of rotatable bonds is 7. The molecular weight excluding hydrogens is 264 g/mol. The third kappa shape index (κ3) is 4.41. The first kappa shape index (κ1) is 15.7. The molecule has 1 aromatic rings. The van der Waals surface area contributed by atoms with Crippen molar-refractivity contribution in [1.29, 1.82) is 0 Å². The number of likely N-dealkylation sites (N-methyl/N-ethyl adjacent to an activating group) is 1. The van der Waals surface area contributed by atoms with Crippen LogP contribution in [0.4, 0.5) is 0 Å². The molecule has 0 aliphatic carbocycles. The number of hydrogen-bond acceptors (Lipinski definition) is 4. The fourth-order valence-corrected chi connectivity index (χ4v) is 2.44. The third-order valence-corrected chi connectivity index (χ3v) is 3.73. The Kier molecular flexibility index (Phi) is 5.15. The van der Waals surface area contributed by atoms with E-state index in [-0.39, 0.29) is 6.10 Å². The lowest BCUT2D eigenvalue weighted by atomic mass is 10.0. The van der Waals surface area contributed by atoms with Gasteiger partial charge in [0.25, 0.3) is 0 Å². The number of oxime groups is 1. The summed E-state index contributed by atoms with van der Waals surface area (Å²) in [7, 11) is 0. The maximum atomic E-state index is 10.1. The van der Waals surface area contributed by atoms with Gasteiger partial charge in [-0.1, -0.05) is 48.5 Å². The van der Waals surface area contributed by atoms with E-state index in [4.69, 9.17) is 4.84 Å². The quantitative estimate of drug-likeness (QED) is 0.784. The molecule has 4 nitrogen and oxygen atoms in total. The van der Waals surface area contributed by atoms with Crippen molar-refractivity contribution in [1.82, 2.24) is 4.90 Å². The van der Waals surface area contributed by atoms with Gasteiger partial charge in [-0.15, -0.1) is 6.58 Å². The van der Waals surface area contributed by atoms with Crippen LogP contribution in [0.25, 0.3) is 0 Å². The van der Waals surface area contributed by atoms with Gasteiger partial charge in [0, 0.05) is 19.5 Å². The van der Waals surface area contributed by atoms with Crippen molar-refractivity contribution in [3.8, 4) is 0 Å². The molecule has 0 aromatic heterocycles. The molecule has 1 aliphatic heterocycles. The van der Waals surface area contributed by atoms with Crippen molar-refractivity contribution in [3.63, 3.8) is 0 Å². The lowest BCUT2D eigenvalue weighted by Crippen LogP contribution is -2.42. The molecule has 1 N–H and O–H groups in total. The largest absolute Gasteiger partial charge is 0.390 e. The monoisotopic (exact) mass is 288 g/mol. The van der Waals surface area contributed by atoms with E-state index in [1.54, 1.807) is 13.0 Å². The van der Waals surface area contributed by atoms with E-state index in [0.717, 1.165) is 30.8 Å². The van der Waals surface area contributed by atoms with Gasteiger partial charge in [0.15, 0.2) is 0 Å². The molecule has 1 heterocycles. The number of aliphatic hydroxyl groups is 1. The Bertz CT molecular complexity index is 497. The van der Waals surface area contributed by atoms with Crippen molar-refractivity contribution in [2.45, 2.75) is 32.0 Å². The second kappa shape index (κ2) is 6.87. The minimum atomic E-state index is -0.877. The average molecular weight is 288 g/mol. The summed E-state index contributed by atoms with van der Waals surface area (Å²) in [4.78, 5) is 7.70. The summed E-state index contributed by atoms with van der Waals surface area (Å²) in [6, 6.07) is 10.1. The van der Waals surface area contributed by atoms with Crippen LogP contribution in [-0.4, -0.2) is 47.1 Å². The Morgan fingerprint density at radius 3 is 2.81 bits per heavy atom. The molecule has 0 spiro atoms. The smallest absolute Gasteiger partial charge is 0.145 e. The molecular formula is C17H24N2O2. The molecule has 0 saturated carbocycles. The Morgan fingerprint density at radius 2 is 2.19 bits per heavy atom. The molecule has 0 radical (unpaired) electrons. The fraction of sp³-hybridized carbons (Fsp3) is 0.471. The fourth-order valence-electron chi connectivity index (χ4n) is 2.44. The highest BCUT2D eigenvalue weighted by Crippen LogP contribution is 2.18. The van der Waals surface area contributed by atoms with E-state index in [1.807, 2.05) is 30.3 Å². The first-order chi connectivity index (χ1) is 10.0. The van der Waals surface area contributed by atoms with Crippen molar-refractivity contribution in [2.24, 2.45) is 5.16 Å². The topological polar surface area (TPSA) is 45.1 Å². The summed E-state index contributed by atoms with van der Waals surface area (Å²) in [6.07, 6.45) is 2.43. The second-order valence-electron chi connectivity index (χ2n) is 5.72. The van der Waals surface area contributed by atoms with Gasteiger partial charge in [0.05, 0.1) is 11.3 Å². The number of nitrogens with zero attached hydrogens (tertiary/aromatic N) is 2. The van der Waals surface area contributed by atoms with Gasteiger partial charge in [-0.25, -0.2) is 0 Å². The minimum absolute atomic E-state index is 0.0424. The zero-order chi connectivity index (χ0) is 15.3. The van der Waals surface area contributed by atoms with E-state index in [2.05, 4.69) is 23.6 Å². The van der Waals surface area contributed by atoms with Crippen LogP contribution in [0.3, 0.4) is 0 Å². The summed E-state index contributed by atoms with van der Waals surface area (Å²) in [6.45, 7) is 9.67. The van der Waals surface area contributed by atoms with Crippen LogP contribution in [0.15, 0.2) is 48.1 Å².